The number of aromatic carboxylic acids is 1. The van der Waals surface area contributed by atoms with E-state index in [1.165, 1.54) is 6.07 Å². The molecule has 0 spiro atoms. The third-order valence-electron chi connectivity index (χ3n) is 5.81. The molecule has 2 aromatic carbocycles. The van der Waals surface area contributed by atoms with Crippen LogP contribution >= 0.6 is 0 Å². The van der Waals surface area contributed by atoms with Crippen molar-refractivity contribution in [3.63, 3.8) is 0 Å². The van der Waals surface area contributed by atoms with Crippen LogP contribution in [0.5, 0.6) is 0 Å². The molecule has 0 aliphatic heterocycles. The first kappa shape index (κ1) is 21.5. The SMILES string of the molecule is Cc1cc(C(C)CCCc2ccccc2C(=O)O)c2oc(-c3cccnc3)cc(=O)c2c1. The zero-order chi connectivity index (χ0) is 22.7. The minimum absolute atomic E-state index is 0.0716. The Bertz CT molecular complexity index is 1320. The second-order valence-electron chi connectivity index (χ2n) is 8.20. The highest BCUT2D eigenvalue weighted by Crippen LogP contribution is 2.32. The maximum atomic E-state index is 12.9. The molecular weight excluding hydrogens is 402 g/mol. The summed E-state index contributed by atoms with van der Waals surface area (Å²) in [5.41, 5.74) is 4.50. The van der Waals surface area contributed by atoms with E-state index in [-0.39, 0.29) is 11.3 Å². The summed E-state index contributed by atoms with van der Waals surface area (Å²) in [6, 6.07) is 16.3. The van der Waals surface area contributed by atoms with Gasteiger partial charge in [0, 0.05) is 24.0 Å². The Labute approximate surface area is 186 Å². The Morgan fingerprint density at radius 3 is 2.69 bits per heavy atom. The first-order chi connectivity index (χ1) is 15.4. The lowest BCUT2D eigenvalue weighted by atomic mass is 9.91. The lowest BCUT2D eigenvalue weighted by molar-refractivity contribution is 0.0695. The summed E-state index contributed by atoms with van der Waals surface area (Å²) in [5, 5.41) is 9.98. The monoisotopic (exact) mass is 427 g/mol. The molecule has 0 aliphatic carbocycles. The third-order valence-corrected chi connectivity index (χ3v) is 5.81. The predicted molar refractivity (Wildman–Crippen MR) is 125 cm³/mol. The topological polar surface area (TPSA) is 80.4 Å². The number of fused-ring (bicyclic) bond motifs is 1. The molecular formula is C27H25NO4. The molecule has 4 aromatic rings. The van der Waals surface area contributed by atoms with Crippen LogP contribution in [0.3, 0.4) is 0 Å². The van der Waals surface area contributed by atoms with E-state index in [1.54, 1.807) is 24.5 Å². The van der Waals surface area contributed by atoms with Gasteiger partial charge in [-0.15, -0.1) is 0 Å². The molecule has 4 rings (SSSR count). The Hall–Kier alpha value is -3.73. The quantitative estimate of drug-likeness (QED) is 0.392. The van der Waals surface area contributed by atoms with Gasteiger partial charge in [0.2, 0.25) is 0 Å². The fraction of sp³-hybridized carbons (Fsp3) is 0.222. The number of hydrogen-bond acceptors (Lipinski definition) is 4. The van der Waals surface area contributed by atoms with E-state index in [0.29, 0.717) is 28.7 Å². The highest BCUT2D eigenvalue weighted by Gasteiger charge is 2.17. The van der Waals surface area contributed by atoms with E-state index >= 15 is 0 Å². The van der Waals surface area contributed by atoms with E-state index in [2.05, 4.69) is 18.0 Å². The number of nitrogens with zero attached hydrogens (tertiary/aromatic N) is 1. The van der Waals surface area contributed by atoms with Crippen molar-refractivity contribution in [3.8, 4) is 11.3 Å². The van der Waals surface area contributed by atoms with Crippen LogP contribution in [0.1, 0.15) is 52.7 Å². The van der Waals surface area contributed by atoms with Crippen molar-refractivity contribution in [1.82, 2.24) is 4.98 Å². The molecule has 5 heteroatoms. The van der Waals surface area contributed by atoms with Crippen LogP contribution in [-0.2, 0) is 6.42 Å². The number of rotatable bonds is 7. The second-order valence-corrected chi connectivity index (χ2v) is 8.20. The second kappa shape index (κ2) is 9.18. The summed E-state index contributed by atoms with van der Waals surface area (Å²) >= 11 is 0. The van der Waals surface area contributed by atoms with Crippen LogP contribution in [0.2, 0.25) is 0 Å². The Balaban J connectivity index is 1.64. The van der Waals surface area contributed by atoms with Crippen molar-refractivity contribution < 1.29 is 14.3 Å². The first-order valence-electron chi connectivity index (χ1n) is 10.7. The number of benzene rings is 2. The standard InChI is InChI=1S/C27H25NO4/c1-17-13-22(18(2)7-5-9-19-8-3-4-11-21(19)27(30)31)26-23(14-17)24(29)15-25(32-26)20-10-6-12-28-16-20/h3-4,6,8,10-16,18H,5,7,9H2,1-2H3,(H,30,31). The molecule has 1 N–H and O–H groups in total. The number of aromatic nitrogens is 1. The van der Waals surface area contributed by atoms with Gasteiger partial charge < -0.3 is 9.52 Å². The predicted octanol–water partition coefficient (Wildman–Crippen LogP) is 5.99. The number of pyridine rings is 1. The smallest absolute Gasteiger partial charge is 0.335 e. The molecule has 0 saturated carbocycles. The van der Waals surface area contributed by atoms with Crippen LogP contribution in [0.25, 0.3) is 22.3 Å². The molecule has 0 amide bonds. The average Bonchev–Trinajstić information content (AvgIpc) is 2.79. The van der Waals surface area contributed by atoms with Crippen LogP contribution in [0.15, 0.2) is 76.2 Å². The van der Waals surface area contributed by atoms with Gasteiger partial charge in [-0.2, -0.15) is 0 Å². The van der Waals surface area contributed by atoms with Crippen LogP contribution in [0, 0.1) is 6.92 Å². The summed E-state index contributed by atoms with van der Waals surface area (Å²) in [7, 11) is 0. The molecule has 5 nitrogen and oxygen atoms in total. The third kappa shape index (κ3) is 4.47. The number of aryl methyl sites for hydroxylation is 2. The molecule has 0 aliphatic rings. The van der Waals surface area contributed by atoms with Gasteiger partial charge in [0.05, 0.1) is 10.9 Å². The van der Waals surface area contributed by atoms with E-state index in [4.69, 9.17) is 4.42 Å². The summed E-state index contributed by atoms with van der Waals surface area (Å²) in [6.07, 6.45) is 5.71. The lowest BCUT2D eigenvalue weighted by Crippen LogP contribution is -2.06. The van der Waals surface area contributed by atoms with Gasteiger partial charge in [-0.25, -0.2) is 4.79 Å². The first-order valence-corrected chi connectivity index (χ1v) is 10.7. The lowest BCUT2D eigenvalue weighted by Gasteiger charge is -2.16. The minimum Gasteiger partial charge on any atom is -0.478 e. The Morgan fingerprint density at radius 1 is 1.12 bits per heavy atom. The molecule has 1 atom stereocenters. The van der Waals surface area contributed by atoms with Gasteiger partial charge in [0.15, 0.2) is 5.43 Å². The van der Waals surface area contributed by atoms with Crippen LogP contribution < -0.4 is 5.43 Å². The van der Waals surface area contributed by atoms with Gasteiger partial charge in [-0.05, 0) is 73.1 Å². The average molecular weight is 428 g/mol. The maximum absolute atomic E-state index is 12.9. The highest BCUT2D eigenvalue weighted by molar-refractivity contribution is 5.89. The molecule has 0 saturated heterocycles. The Kier molecular flexibility index (Phi) is 6.17. The van der Waals surface area contributed by atoms with E-state index in [0.717, 1.165) is 35.1 Å². The van der Waals surface area contributed by atoms with Crippen molar-refractivity contribution in [1.29, 1.82) is 0 Å². The van der Waals surface area contributed by atoms with Crippen LogP contribution in [-0.4, -0.2) is 16.1 Å². The summed E-state index contributed by atoms with van der Waals surface area (Å²) < 4.78 is 6.23. The summed E-state index contributed by atoms with van der Waals surface area (Å²) in [4.78, 5) is 28.5. The van der Waals surface area contributed by atoms with E-state index < -0.39 is 5.97 Å². The molecule has 2 aromatic heterocycles. The van der Waals surface area contributed by atoms with Gasteiger partial charge in [-0.3, -0.25) is 9.78 Å². The minimum atomic E-state index is -0.900. The zero-order valence-electron chi connectivity index (χ0n) is 18.2. The number of carboxylic acid groups (broad SMARTS) is 1. The van der Waals surface area contributed by atoms with Crippen LogP contribution in [0.4, 0.5) is 0 Å². The van der Waals surface area contributed by atoms with Crippen molar-refractivity contribution in [2.45, 2.75) is 39.0 Å². The van der Waals surface area contributed by atoms with Crippen molar-refractivity contribution >= 4 is 16.9 Å². The van der Waals surface area contributed by atoms with Gasteiger partial charge in [-0.1, -0.05) is 31.2 Å². The number of carboxylic acids is 1. The van der Waals surface area contributed by atoms with Gasteiger partial charge in [0.1, 0.15) is 11.3 Å². The molecule has 2 heterocycles. The van der Waals surface area contributed by atoms with E-state index in [1.807, 2.05) is 37.3 Å². The highest BCUT2D eigenvalue weighted by atomic mass is 16.4. The van der Waals surface area contributed by atoms with Crippen molar-refractivity contribution in [2.75, 3.05) is 0 Å². The van der Waals surface area contributed by atoms with Gasteiger partial charge >= 0.3 is 5.97 Å². The normalized spacial score (nSPS) is 12.1. The fourth-order valence-corrected chi connectivity index (χ4v) is 4.15. The van der Waals surface area contributed by atoms with Gasteiger partial charge in [0.25, 0.3) is 0 Å². The molecule has 0 radical (unpaired) electrons. The fourth-order valence-electron chi connectivity index (χ4n) is 4.15. The van der Waals surface area contributed by atoms with Crippen molar-refractivity contribution in [2.24, 2.45) is 0 Å². The number of hydrogen-bond donors (Lipinski definition) is 1. The molecule has 162 valence electrons. The zero-order valence-corrected chi connectivity index (χ0v) is 18.2. The summed E-state index contributed by atoms with van der Waals surface area (Å²) in [5.74, 6) is -0.256. The van der Waals surface area contributed by atoms with Crippen molar-refractivity contribution in [3.05, 3.63) is 99.5 Å². The largest absolute Gasteiger partial charge is 0.478 e. The molecule has 0 fully saturated rings. The van der Waals surface area contributed by atoms with E-state index in [9.17, 15) is 14.7 Å². The molecule has 0 bridgehead atoms. The molecule has 1 unspecified atom stereocenters. The Morgan fingerprint density at radius 2 is 1.94 bits per heavy atom. The number of carbonyl (C=O) groups is 1. The maximum Gasteiger partial charge on any atom is 0.335 e. The molecule has 32 heavy (non-hydrogen) atoms. The summed E-state index contributed by atoms with van der Waals surface area (Å²) in [6.45, 7) is 4.10.